The molecule has 1 saturated heterocycles. The third-order valence-electron chi connectivity index (χ3n) is 3.64. The molecule has 0 unspecified atom stereocenters. The van der Waals surface area contributed by atoms with Crippen LogP contribution in [0.15, 0.2) is 11.1 Å². The van der Waals surface area contributed by atoms with Crippen molar-refractivity contribution in [1.82, 2.24) is 5.32 Å². The molecule has 1 nitrogen and oxygen atoms in total. The van der Waals surface area contributed by atoms with Gasteiger partial charge >= 0.3 is 0 Å². The van der Waals surface area contributed by atoms with Crippen LogP contribution in [0.25, 0.3) is 0 Å². The van der Waals surface area contributed by atoms with Gasteiger partial charge in [0, 0.05) is 0 Å². The van der Waals surface area contributed by atoms with Crippen molar-refractivity contribution in [3.05, 3.63) is 11.1 Å². The molecule has 1 N–H and O–H groups in total. The van der Waals surface area contributed by atoms with Crippen LogP contribution >= 0.6 is 0 Å². The summed E-state index contributed by atoms with van der Waals surface area (Å²) in [6, 6.07) is 0. The zero-order valence-corrected chi connectivity index (χ0v) is 9.28. The Balaban J connectivity index is 2.01. The number of hydrogen-bond donors (Lipinski definition) is 1. The third kappa shape index (κ3) is 2.84. The first-order chi connectivity index (χ1) is 6.97. The van der Waals surface area contributed by atoms with E-state index in [1.807, 2.05) is 11.1 Å². The monoisotopic (exact) mass is 193 g/mol. The second kappa shape index (κ2) is 5.55. The normalized spacial score (nSPS) is 25.7. The Kier molecular flexibility index (Phi) is 4.05. The fraction of sp³-hybridized carbons (Fsp3) is 0.846. The highest BCUT2D eigenvalue weighted by Gasteiger charge is 2.11. The molecule has 2 rings (SSSR count). The third-order valence-corrected chi connectivity index (χ3v) is 3.64. The van der Waals surface area contributed by atoms with Gasteiger partial charge < -0.3 is 5.32 Å². The van der Waals surface area contributed by atoms with Crippen molar-refractivity contribution in [1.29, 1.82) is 0 Å². The second-order valence-corrected chi connectivity index (χ2v) is 4.72. The van der Waals surface area contributed by atoms with Gasteiger partial charge in [0.1, 0.15) is 0 Å². The lowest BCUT2D eigenvalue weighted by Crippen LogP contribution is -2.13. The van der Waals surface area contributed by atoms with E-state index in [0.717, 1.165) is 0 Å². The molecule has 1 saturated carbocycles. The smallest absolute Gasteiger partial charge is 0.00115 e. The summed E-state index contributed by atoms with van der Waals surface area (Å²) in [5, 5.41) is 3.50. The molecule has 0 atom stereocenters. The molecule has 1 aliphatic carbocycles. The molecule has 80 valence electrons. The minimum absolute atomic E-state index is 1.22. The molecule has 0 amide bonds. The quantitative estimate of drug-likeness (QED) is 0.459. The molecule has 0 aromatic carbocycles. The largest absolute Gasteiger partial charge is 0.316 e. The highest BCUT2D eigenvalue weighted by atomic mass is 14.8. The Morgan fingerprint density at radius 3 is 2.00 bits per heavy atom. The molecule has 0 bridgehead atoms. The minimum atomic E-state index is 1.22. The molecular weight excluding hydrogens is 170 g/mol. The first kappa shape index (κ1) is 10.2. The van der Waals surface area contributed by atoms with E-state index in [0.29, 0.717) is 0 Å². The van der Waals surface area contributed by atoms with Gasteiger partial charge in [-0.25, -0.2) is 0 Å². The number of nitrogens with one attached hydrogen (secondary N) is 1. The van der Waals surface area contributed by atoms with Crippen LogP contribution in [0.5, 0.6) is 0 Å². The summed E-state index contributed by atoms with van der Waals surface area (Å²) in [5.74, 6) is 0. The van der Waals surface area contributed by atoms with Crippen LogP contribution < -0.4 is 5.32 Å². The van der Waals surface area contributed by atoms with E-state index >= 15 is 0 Å². The van der Waals surface area contributed by atoms with E-state index in [-0.39, 0.29) is 0 Å². The average molecular weight is 193 g/mol. The molecule has 0 spiro atoms. The first-order valence-electron chi connectivity index (χ1n) is 6.37. The second-order valence-electron chi connectivity index (χ2n) is 4.72. The summed E-state index contributed by atoms with van der Waals surface area (Å²) < 4.78 is 0. The van der Waals surface area contributed by atoms with E-state index < -0.39 is 0 Å². The Morgan fingerprint density at radius 1 is 0.571 bits per heavy atom. The molecule has 2 aliphatic rings. The van der Waals surface area contributed by atoms with Crippen LogP contribution in [0.3, 0.4) is 0 Å². The molecule has 2 fully saturated rings. The Bertz CT molecular complexity index is 163. The Labute approximate surface area is 88.0 Å². The van der Waals surface area contributed by atoms with Gasteiger partial charge in [-0.3, -0.25) is 0 Å². The van der Waals surface area contributed by atoms with Gasteiger partial charge in [-0.2, -0.15) is 0 Å². The SMILES string of the molecule is C1CCCC(=C2CCCNCC2)CC1. The maximum atomic E-state index is 3.50. The van der Waals surface area contributed by atoms with E-state index in [4.69, 9.17) is 0 Å². The predicted molar refractivity (Wildman–Crippen MR) is 61.4 cm³/mol. The van der Waals surface area contributed by atoms with Crippen molar-refractivity contribution in [2.24, 2.45) is 0 Å². The van der Waals surface area contributed by atoms with Crippen molar-refractivity contribution in [2.45, 2.75) is 57.8 Å². The predicted octanol–water partition coefficient (Wildman–Crippen LogP) is 3.41. The van der Waals surface area contributed by atoms with Gasteiger partial charge in [0.2, 0.25) is 0 Å². The van der Waals surface area contributed by atoms with E-state index in [9.17, 15) is 0 Å². The van der Waals surface area contributed by atoms with Crippen LogP contribution in [-0.2, 0) is 0 Å². The first-order valence-corrected chi connectivity index (χ1v) is 6.37. The Morgan fingerprint density at radius 2 is 1.21 bits per heavy atom. The summed E-state index contributed by atoms with van der Waals surface area (Å²) in [6.07, 6.45) is 12.7. The zero-order chi connectivity index (χ0) is 9.64. The van der Waals surface area contributed by atoms with Gasteiger partial charge in [-0.1, -0.05) is 24.0 Å². The van der Waals surface area contributed by atoms with Crippen molar-refractivity contribution >= 4 is 0 Å². The zero-order valence-electron chi connectivity index (χ0n) is 9.28. The molecule has 1 aliphatic heterocycles. The lowest BCUT2D eigenvalue weighted by Gasteiger charge is -2.11. The molecule has 0 radical (unpaired) electrons. The van der Waals surface area contributed by atoms with Crippen molar-refractivity contribution in [3.8, 4) is 0 Å². The fourth-order valence-corrected chi connectivity index (χ4v) is 2.78. The summed E-state index contributed by atoms with van der Waals surface area (Å²) in [6.45, 7) is 2.45. The molecule has 1 heterocycles. The molecule has 1 heteroatoms. The number of allylic oxidation sites excluding steroid dienone is 1. The Hall–Kier alpha value is -0.300. The average Bonchev–Trinajstić information content (AvgIpc) is 2.62. The highest BCUT2D eigenvalue weighted by molar-refractivity contribution is 5.16. The van der Waals surface area contributed by atoms with Crippen molar-refractivity contribution in [2.75, 3.05) is 13.1 Å². The van der Waals surface area contributed by atoms with Crippen LogP contribution in [0.4, 0.5) is 0 Å². The van der Waals surface area contributed by atoms with Crippen LogP contribution in [0.1, 0.15) is 57.8 Å². The fourth-order valence-electron chi connectivity index (χ4n) is 2.78. The molecule has 14 heavy (non-hydrogen) atoms. The van der Waals surface area contributed by atoms with E-state index in [1.165, 1.54) is 70.9 Å². The lowest BCUT2D eigenvalue weighted by atomic mass is 9.96. The summed E-state index contributed by atoms with van der Waals surface area (Å²) >= 11 is 0. The minimum Gasteiger partial charge on any atom is -0.316 e. The van der Waals surface area contributed by atoms with Crippen LogP contribution in [0, 0.1) is 0 Å². The molecular formula is C13H23N. The van der Waals surface area contributed by atoms with Crippen LogP contribution in [-0.4, -0.2) is 13.1 Å². The summed E-state index contributed by atoms with van der Waals surface area (Å²) in [7, 11) is 0. The van der Waals surface area contributed by atoms with Crippen molar-refractivity contribution in [3.63, 3.8) is 0 Å². The van der Waals surface area contributed by atoms with Crippen molar-refractivity contribution < 1.29 is 0 Å². The number of rotatable bonds is 0. The lowest BCUT2D eigenvalue weighted by molar-refractivity contribution is 0.702. The van der Waals surface area contributed by atoms with Gasteiger partial charge in [0.25, 0.3) is 0 Å². The molecule has 0 aromatic heterocycles. The molecule has 0 aromatic rings. The van der Waals surface area contributed by atoms with E-state index in [1.54, 1.807) is 0 Å². The summed E-state index contributed by atoms with van der Waals surface area (Å²) in [4.78, 5) is 0. The maximum absolute atomic E-state index is 3.50. The van der Waals surface area contributed by atoms with Gasteiger partial charge in [-0.05, 0) is 58.0 Å². The maximum Gasteiger partial charge on any atom is -0.00115 e. The van der Waals surface area contributed by atoms with Crippen LogP contribution in [0.2, 0.25) is 0 Å². The number of hydrogen-bond acceptors (Lipinski definition) is 1. The topological polar surface area (TPSA) is 12.0 Å². The van der Waals surface area contributed by atoms with Gasteiger partial charge in [-0.15, -0.1) is 0 Å². The highest BCUT2D eigenvalue weighted by Crippen LogP contribution is 2.28. The van der Waals surface area contributed by atoms with E-state index in [2.05, 4.69) is 5.32 Å². The summed E-state index contributed by atoms with van der Waals surface area (Å²) in [5.41, 5.74) is 3.66. The van der Waals surface area contributed by atoms with Gasteiger partial charge in [0.05, 0.1) is 0 Å². The standard InChI is InChI=1S/C13H23N/c1-2-4-7-12(6-3-1)13-8-5-10-14-11-9-13/h14H,1-11H2. The van der Waals surface area contributed by atoms with Gasteiger partial charge in [0.15, 0.2) is 0 Å².